The van der Waals surface area contributed by atoms with Crippen LogP contribution in [-0.2, 0) is 16.0 Å². The van der Waals surface area contributed by atoms with Crippen molar-refractivity contribution in [3.8, 4) is 0 Å². The molecule has 0 N–H and O–H groups in total. The van der Waals surface area contributed by atoms with Gasteiger partial charge < -0.3 is 14.1 Å². The van der Waals surface area contributed by atoms with Crippen molar-refractivity contribution in [1.82, 2.24) is 9.88 Å². The van der Waals surface area contributed by atoms with Crippen molar-refractivity contribution in [2.24, 2.45) is 4.99 Å². The summed E-state index contributed by atoms with van der Waals surface area (Å²) in [6.45, 7) is 2.52. The van der Waals surface area contributed by atoms with Gasteiger partial charge in [0.25, 0.3) is 0 Å². The molecule has 6 nitrogen and oxygen atoms in total. The van der Waals surface area contributed by atoms with Crippen molar-refractivity contribution in [2.75, 3.05) is 26.3 Å². The van der Waals surface area contributed by atoms with Gasteiger partial charge in [-0.05, 0) is 12.1 Å². The van der Waals surface area contributed by atoms with E-state index >= 15 is 0 Å². The van der Waals surface area contributed by atoms with Gasteiger partial charge in [-0.1, -0.05) is 0 Å². The molecule has 8 heteroatoms. The summed E-state index contributed by atoms with van der Waals surface area (Å²) in [5.41, 5.74) is 0.601. The third kappa shape index (κ3) is 3.17. The Bertz CT molecular complexity index is 898. The van der Waals surface area contributed by atoms with Gasteiger partial charge in [-0.2, -0.15) is 4.39 Å². The number of aromatic nitrogens is 1. The molecule has 3 heterocycles. The van der Waals surface area contributed by atoms with E-state index in [1.165, 1.54) is 12.1 Å². The fourth-order valence-electron chi connectivity index (χ4n) is 2.92. The molecule has 2 aromatic rings. The Balaban J connectivity index is 1.59. The molecular weight excluding hydrogens is 332 g/mol. The highest BCUT2D eigenvalue weighted by Gasteiger charge is 2.22. The predicted octanol–water partition coefficient (Wildman–Crippen LogP) is 2.24. The number of morpholine rings is 1. The number of allylic oxidation sites excluding steroid dienone is 1. The van der Waals surface area contributed by atoms with Crippen molar-refractivity contribution >= 4 is 22.6 Å². The van der Waals surface area contributed by atoms with E-state index in [0.717, 1.165) is 6.07 Å². The van der Waals surface area contributed by atoms with Crippen molar-refractivity contribution < 1.29 is 22.7 Å². The van der Waals surface area contributed by atoms with Gasteiger partial charge in [-0.25, -0.2) is 14.4 Å². The number of hydrogen-bond donors (Lipinski definition) is 0. The van der Waals surface area contributed by atoms with Crippen LogP contribution in [0.2, 0.25) is 0 Å². The molecule has 0 saturated carbocycles. The number of carbonyl (C=O) groups is 1. The first kappa shape index (κ1) is 15.9. The quantitative estimate of drug-likeness (QED) is 0.852. The first-order valence-corrected chi connectivity index (χ1v) is 7.97. The minimum absolute atomic E-state index is 0.0557. The summed E-state index contributed by atoms with van der Waals surface area (Å²) in [6.07, 6.45) is 1.85. The van der Waals surface area contributed by atoms with Gasteiger partial charge in [-0.3, -0.25) is 4.79 Å². The second-order valence-corrected chi connectivity index (χ2v) is 5.92. The molecule has 2 aliphatic heterocycles. The Morgan fingerprint density at radius 3 is 2.80 bits per heavy atom. The molecule has 0 unspecified atom stereocenters. The summed E-state index contributed by atoms with van der Waals surface area (Å²) in [5, 5.41) is 0. The lowest BCUT2D eigenvalue weighted by Crippen LogP contribution is -2.36. The maximum absolute atomic E-state index is 13.7. The van der Waals surface area contributed by atoms with E-state index in [2.05, 4.69) is 9.98 Å². The fourth-order valence-corrected chi connectivity index (χ4v) is 2.92. The second-order valence-electron chi connectivity index (χ2n) is 5.92. The maximum atomic E-state index is 13.7. The molecular formula is C17H15F2N3O3. The second kappa shape index (κ2) is 6.36. The molecule has 1 fully saturated rings. The van der Waals surface area contributed by atoms with Crippen LogP contribution >= 0.6 is 0 Å². The third-order valence-corrected chi connectivity index (χ3v) is 4.13. The molecule has 0 radical (unpaired) electrons. The lowest BCUT2D eigenvalue weighted by atomic mass is 10.1. The number of fused-ring (bicyclic) bond motifs is 1. The Morgan fingerprint density at radius 2 is 2.00 bits per heavy atom. The standard InChI is InChI=1S/C17H15F2N3O3/c18-12-1-2-13-17(16(12)19)25-15(21-13)8-10-7-11(23)9-14(20-10)22-3-5-24-6-4-22/h1-2,9H,3-8H2. The lowest BCUT2D eigenvalue weighted by Gasteiger charge is -2.30. The Labute approximate surface area is 141 Å². The van der Waals surface area contributed by atoms with Gasteiger partial charge in [0.05, 0.1) is 19.6 Å². The SMILES string of the molecule is O=C1C=C(N2CCOCC2)N=C(Cc2nc3ccc(F)c(F)c3o2)C1. The number of hydrogen-bond acceptors (Lipinski definition) is 6. The average Bonchev–Trinajstić information content (AvgIpc) is 3.02. The highest BCUT2D eigenvalue weighted by Crippen LogP contribution is 2.23. The summed E-state index contributed by atoms with van der Waals surface area (Å²) < 4.78 is 37.6. The van der Waals surface area contributed by atoms with Crippen LogP contribution in [0.25, 0.3) is 11.1 Å². The number of rotatable bonds is 3. The molecule has 0 spiro atoms. The molecule has 0 aliphatic carbocycles. The van der Waals surface area contributed by atoms with Crippen molar-refractivity contribution in [3.05, 3.63) is 41.6 Å². The average molecular weight is 347 g/mol. The molecule has 1 aromatic carbocycles. The molecule has 0 amide bonds. The van der Waals surface area contributed by atoms with Crippen LogP contribution in [0.5, 0.6) is 0 Å². The van der Waals surface area contributed by atoms with Crippen molar-refractivity contribution in [2.45, 2.75) is 12.8 Å². The van der Waals surface area contributed by atoms with E-state index in [1.807, 2.05) is 4.90 Å². The van der Waals surface area contributed by atoms with Gasteiger partial charge in [0, 0.05) is 31.3 Å². The van der Waals surface area contributed by atoms with Crippen LogP contribution in [-0.4, -0.2) is 47.7 Å². The van der Waals surface area contributed by atoms with Gasteiger partial charge >= 0.3 is 0 Å². The van der Waals surface area contributed by atoms with E-state index in [0.29, 0.717) is 37.8 Å². The topological polar surface area (TPSA) is 67.9 Å². The zero-order valence-corrected chi connectivity index (χ0v) is 13.3. The van der Waals surface area contributed by atoms with Crippen molar-refractivity contribution in [3.63, 3.8) is 0 Å². The maximum Gasteiger partial charge on any atom is 0.203 e. The molecule has 4 rings (SSSR count). The molecule has 25 heavy (non-hydrogen) atoms. The molecule has 130 valence electrons. The number of carbonyl (C=O) groups excluding carboxylic acids is 1. The minimum Gasteiger partial charge on any atom is -0.437 e. The smallest absolute Gasteiger partial charge is 0.203 e. The van der Waals surface area contributed by atoms with E-state index in [9.17, 15) is 13.6 Å². The molecule has 0 bridgehead atoms. The number of oxazole rings is 1. The molecule has 1 saturated heterocycles. The summed E-state index contributed by atoms with van der Waals surface area (Å²) in [7, 11) is 0. The first-order chi connectivity index (χ1) is 12.1. The number of halogens is 2. The summed E-state index contributed by atoms with van der Waals surface area (Å²) >= 11 is 0. The van der Waals surface area contributed by atoms with Crippen LogP contribution in [0.1, 0.15) is 12.3 Å². The van der Waals surface area contributed by atoms with Gasteiger partial charge in [0.15, 0.2) is 17.2 Å². The number of nitrogens with zero attached hydrogens (tertiary/aromatic N) is 3. The van der Waals surface area contributed by atoms with Crippen LogP contribution in [0.4, 0.5) is 8.78 Å². The number of ether oxygens (including phenoxy) is 1. The van der Waals surface area contributed by atoms with E-state index in [1.54, 1.807) is 0 Å². The number of aliphatic imine (C=N–C) groups is 1. The zero-order valence-electron chi connectivity index (χ0n) is 13.3. The highest BCUT2D eigenvalue weighted by molar-refractivity contribution is 6.09. The van der Waals surface area contributed by atoms with Crippen LogP contribution in [0.3, 0.4) is 0 Å². The Morgan fingerprint density at radius 1 is 1.20 bits per heavy atom. The van der Waals surface area contributed by atoms with E-state index in [-0.39, 0.29) is 35.6 Å². The van der Waals surface area contributed by atoms with Crippen LogP contribution < -0.4 is 0 Å². The number of ketones is 1. The molecule has 1 aromatic heterocycles. The summed E-state index contributed by atoms with van der Waals surface area (Å²) in [4.78, 5) is 22.7. The van der Waals surface area contributed by atoms with E-state index < -0.39 is 11.6 Å². The minimum atomic E-state index is -1.06. The Kier molecular flexibility index (Phi) is 4.04. The normalized spacial score (nSPS) is 18.5. The predicted molar refractivity (Wildman–Crippen MR) is 85.2 cm³/mol. The number of benzene rings is 1. The largest absolute Gasteiger partial charge is 0.437 e. The Hall–Kier alpha value is -2.61. The van der Waals surface area contributed by atoms with Crippen LogP contribution in [0.15, 0.2) is 33.4 Å². The van der Waals surface area contributed by atoms with Crippen LogP contribution in [0, 0.1) is 11.6 Å². The monoisotopic (exact) mass is 347 g/mol. The van der Waals surface area contributed by atoms with Crippen molar-refractivity contribution in [1.29, 1.82) is 0 Å². The lowest BCUT2D eigenvalue weighted by molar-refractivity contribution is -0.113. The molecule has 2 aliphatic rings. The fraction of sp³-hybridized carbons (Fsp3) is 0.353. The van der Waals surface area contributed by atoms with Gasteiger partial charge in [0.2, 0.25) is 11.7 Å². The zero-order chi connectivity index (χ0) is 17.4. The highest BCUT2D eigenvalue weighted by atomic mass is 19.2. The first-order valence-electron chi connectivity index (χ1n) is 7.97. The van der Waals surface area contributed by atoms with E-state index in [4.69, 9.17) is 9.15 Å². The van der Waals surface area contributed by atoms with Gasteiger partial charge in [-0.15, -0.1) is 0 Å². The van der Waals surface area contributed by atoms with Gasteiger partial charge in [0.1, 0.15) is 11.3 Å². The third-order valence-electron chi connectivity index (χ3n) is 4.13. The molecule has 0 atom stereocenters. The summed E-state index contributed by atoms with van der Waals surface area (Å²) in [5.74, 6) is -1.30. The summed E-state index contributed by atoms with van der Waals surface area (Å²) in [6, 6.07) is 2.36.